The zero-order chi connectivity index (χ0) is 56.2. The van der Waals surface area contributed by atoms with Crippen LogP contribution in [-0.4, -0.2) is 65.5 Å². The molecule has 7 heterocycles. The summed E-state index contributed by atoms with van der Waals surface area (Å²) in [5.41, 5.74) is 6.52. The molecule has 0 fully saturated rings. The van der Waals surface area contributed by atoms with Crippen molar-refractivity contribution in [3.05, 3.63) is 189 Å². The molecule has 0 atom stereocenters. The van der Waals surface area contributed by atoms with Crippen LogP contribution in [0.4, 0.5) is 56.9 Å². The highest BCUT2D eigenvalue weighted by Gasteiger charge is 2.34. The number of fused-ring (bicyclic) bond motifs is 3. The molecule has 23 heteroatoms. The Labute approximate surface area is 462 Å². The molecule has 0 radical (unpaired) electrons. The molecule has 6 N–H and O–H groups in total. The van der Waals surface area contributed by atoms with Crippen LogP contribution < -0.4 is 16.0 Å². The first-order chi connectivity index (χ1) is 38.5. The van der Waals surface area contributed by atoms with Crippen LogP contribution in [-0.2, 0) is 12.6 Å². The average molecular weight is 1120 g/mol. The molecule has 12 rings (SSSR count). The second-order valence-corrected chi connectivity index (χ2v) is 18.8. The number of aryl methyl sites for hydroxylation is 3. The zero-order valence-corrected chi connectivity index (χ0v) is 44.5. The second kappa shape index (κ2) is 22.9. The fraction of sp³-hybridized carbons (Fsp3) is 0.123. The molecule has 0 aliphatic carbocycles. The molecule has 402 valence electrons. The fourth-order valence-electron chi connectivity index (χ4n) is 8.54. The average Bonchev–Trinajstić information content (AvgIpc) is 4.20. The van der Waals surface area contributed by atoms with Gasteiger partial charge >= 0.3 is 6.18 Å². The maximum atomic E-state index is 13.7. The molecule has 0 saturated carbocycles. The first-order valence-electron chi connectivity index (χ1n) is 24.6. The lowest BCUT2D eigenvalue weighted by Gasteiger charge is -2.16. The lowest BCUT2D eigenvalue weighted by atomic mass is 10.1. The normalized spacial score (nSPS) is 11.3. The summed E-state index contributed by atoms with van der Waals surface area (Å²) in [6, 6.07) is 34.3. The van der Waals surface area contributed by atoms with Crippen LogP contribution in [0.15, 0.2) is 134 Å². The Morgan fingerprint density at radius 1 is 0.512 bits per heavy atom. The summed E-state index contributed by atoms with van der Waals surface area (Å²) in [6.45, 7) is 9.41. The Morgan fingerprint density at radius 3 is 1.70 bits per heavy atom. The molecule has 0 amide bonds. The number of benzene rings is 5. The Balaban J connectivity index is 0.000000136. The van der Waals surface area contributed by atoms with E-state index in [1.54, 1.807) is 37.4 Å². The van der Waals surface area contributed by atoms with Crippen molar-refractivity contribution in [2.24, 2.45) is 0 Å². The maximum Gasteiger partial charge on any atom is 0.417 e. The number of pyridine rings is 1. The van der Waals surface area contributed by atoms with Crippen molar-refractivity contribution in [3.8, 4) is 34.2 Å². The minimum Gasteiger partial charge on any atom is -0.324 e. The first-order valence-corrected chi connectivity index (χ1v) is 25.4. The van der Waals surface area contributed by atoms with Crippen LogP contribution in [0.1, 0.15) is 40.7 Å². The van der Waals surface area contributed by atoms with E-state index in [4.69, 9.17) is 23.2 Å². The van der Waals surface area contributed by atoms with Gasteiger partial charge in [-0.15, -0.1) is 0 Å². The summed E-state index contributed by atoms with van der Waals surface area (Å²) < 4.78 is 67.6. The lowest BCUT2D eigenvalue weighted by molar-refractivity contribution is -0.137. The number of H-pyrrole nitrogens is 3. The molecule has 0 spiro atoms. The van der Waals surface area contributed by atoms with Gasteiger partial charge in [0.15, 0.2) is 34.8 Å². The Hall–Kier alpha value is -9.47. The van der Waals surface area contributed by atoms with Gasteiger partial charge in [0.2, 0.25) is 0 Å². The van der Waals surface area contributed by atoms with Crippen molar-refractivity contribution in [3.63, 3.8) is 0 Å². The largest absolute Gasteiger partial charge is 0.417 e. The number of aromatic nitrogens is 13. The van der Waals surface area contributed by atoms with Gasteiger partial charge in [0.25, 0.3) is 0 Å². The van der Waals surface area contributed by atoms with E-state index in [9.17, 15) is 22.0 Å². The summed E-state index contributed by atoms with van der Waals surface area (Å²) in [5.74, 6) is 3.45. The first kappa shape index (κ1) is 53.9. The van der Waals surface area contributed by atoms with Gasteiger partial charge in [-0.25, -0.2) is 43.7 Å². The van der Waals surface area contributed by atoms with Gasteiger partial charge in [-0.2, -0.15) is 28.5 Å². The number of halogens is 7. The van der Waals surface area contributed by atoms with E-state index < -0.39 is 17.6 Å². The molecular formula is C57H45Cl2F5N16. The minimum absolute atomic E-state index is 0.0499. The van der Waals surface area contributed by atoms with Crippen molar-refractivity contribution in [1.29, 1.82) is 0 Å². The molecule has 0 saturated heterocycles. The van der Waals surface area contributed by atoms with Crippen LogP contribution in [0.2, 0.25) is 10.0 Å². The second-order valence-electron chi connectivity index (χ2n) is 18.0. The third-order valence-electron chi connectivity index (χ3n) is 12.6. The predicted octanol–water partition coefficient (Wildman–Crippen LogP) is 15.1. The number of hydrogen-bond donors (Lipinski definition) is 6. The van der Waals surface area contributed by atoms with E-state index in [-0.39, 0.29) is 17.2 Å². The molecule has 0 unspecified atom stereocenters. The SMILES string of the molecule is CCc1c(C)nc(-c2ccccc2C(F)(F)F)nc1Nc1n[nH]c2ccc(F)cc12.Cc1cc(Nc2n[nH]c3ccc(F)cc23)nc(-c2ccccc2Cl)n1.Cc1nc(-c2ccccc2Cl)nc(Nc2[nH]nc3ncccc23)c1C. The van der Waals surface area contributed by atoms with E-state index >= 15 is 0 Å². The van der Waals surface area contributed by atoms with E-state index in [1.807, 2.05) is 82.3 Å². The van der Waals surface area contributed by atoms with Crippen molar-refractivity contribution >= 4 is 90.9 Å². The quantitative estimate of drug-likeness (QED) is 0.0705. The maximum absolute atomic E-state index is 13.7. The zero-order valence-electron chi connectivity index (χ0n) is 43.0. The highest BCUT2D eigenvalue weighted by atomic mass is 35.5. The van der Waals surface area contributed by atoms with Crippen LogP contribution in [0, 0.1) is 39.3 Å². The van der Waals surface area contributed by atoms with E-state index in [0.717, 1.165) is 56.4 Å². The number of nitrogens with one attached hydrogen (secondary N) is 6. The van der Waals surface area contributed by atoms with Crippen LogP contribution in [0.25, 0.3) is 67.0 Å². The number of rotatable bonds is 10. The smallest absolute Gasteiger partial charge is 0.324 e. The fourth-order valence-corrected chi connectivity index (χ4v) is 8.98. The van der Waals surface area contributed by atoms with Crippen LogP contribution >= 0.6 is 23.2 Å². The molecule has 12 aromatic rings. The highest BCUT2D eigenvalue weighted by molar-refractivity contribution is 6.33. The van der Waals surface area contributed by atoms with Gasteiger partial charge in [0.1, 0.15) is 34.9 Å². The number of hydrogen-bond acceptors (Lipinski definition) is 13. The van der Waals surface area contributed by atoms with E-state index in [1.165, 1.54) is 42.5 Å². The third-order valence-corrected chi connectivity index (χ3v) is 13.3. The summed E-state index contributed by atoms with van der Waals surface area (Å²) in [6.07, 6.45) is -2.28. The number of aromatic amines is 3. The Kier molecular flexibility index (Phi) is 15.4. The van der Waals surface area contributed by atoms with Gasteiger partial charge in [-0.05, 0) is 113 Å². The van der Waals surface area contributed by atoms with Crippen molar-refractivity contribution in [2.45, 2.75) is 47.2 Å². The predicted molar refractivity (Wildman–Crippen MR) is 302 cm³/mol. The van der Waals surface area contributed by atoms with Crippen LogP contribution in [0.5, 0.6) is 0 Å². The number of alkyl halides is 3. The Bertz CT molecular complexity index is 4240. The molecule has 16 nitrogen and oxygen atoms in total. The van der Waals surface area contributed by atoms with E-state index in [0.29, 0.717) is 84.8 Å². The number of anilines is 6. The monoisotopic (exact) mass is 1120 g/mol. The van der Waals surface area contributed by atoms with Gasteiger partial charge in [-0.3, -0.25) is 15.3 Å². The topological polar surface area (TPSA) is 212 Å². The minimum atomic E-state index is -4.54. The molecule has 0 aliphatic rings. The molecule has 80 heavy (non-hydrogen) atoms. The summed E-state index contributed by atoms with van der Waals surface area (Å²) in [5, 5.41) is 33.9. The van der Waals surface area contributed by atoms with Crippen molar-refractivity contribution in [2.75, 3.05) is 16.0 Å². The summed E-state index contributed by atoms with van der Waals surface area (Å²) in [7, 11) is 0. The lowest BCUT2D eigenvalue weighted by Crippen LogP contribution is -2.10. The number of nitrogens with zero attached hydrogens (tertiary/aromatic N) is 10. The third kappa shape index (κ3) is 11.7. The van der Waals surface area contributed by atoms with Gasteiger partial charge in [0.05, 0.1) is 32.0 Å². The molecular weight excluding hydrogens is 1070 g/mol. The van der Waals surface area contributed by atoms with Crippen molar-refractivity contribution in [1.82, 2.24) is 65.5 Å². The molecule has 0 bridgehead atoms. The van der Waals surface area contributed by atoms with Gasteiger partial charge < -0.3 is 16.0 Å². The summed E-state index contributed by atoms with van der Waals surface area (Å²) >= 11 is 12.5. The standard InChI is InChI=1S/C21H17F4N5.C18H13ClFN5.C18H15ClN6/c1-3-13-11(2)26-19(14-6-4-5-7-16(14)21(23,24)25)27-18(13)28-20-15-10-12(22)8-9-17(15)29-30-20;1-10-8-16(22-17(21-10)12-4-2-3-5-14(12)19)23-18-13-9-11(20)6-7-15(13)24-25-18;1-10-11(2)21-17(12-6-3-4-8-14(12)19)22-15(10)23-18-13-7-5-9-20-16(13)24-25-18/h4-10H,3H2,1-2H3,(H2,26,27,28,29,30);2-9H,1H3,(H2,21,22,23,24,25);3-9H,1-2H3,(H2,20,21,22,23,24,25). The molecule has 5 aromatic carbocycles. The van der Waals surface area contributed by atoms with Crippen molar-refractivity contribution < 1.29 is 22.0 Å². The van der Waals surface area contributed by atoms with E-state index in [2.05, 4.69) is 81.4 Å². The van der Waals surface area contributed by atoms with Crippen LogP contribution in [0.3, 0.4) is 0 Å². The summed E-state index contributed by atoms with van der Waals surface area (Å²) in [4.78, 5) is 31.1. The molecule has 0 aliphatic heterocycles. The molecule has 7 aromatic heterocycles. The van der Waals surface area contributed by atoms with Gasteiger partial charge in [0, 0.05) is 67.9 Å². The Morgan fingerprint density at radius 2 is 1.07 bits per heavy atom. The van der Waals surface area contributed by atoms with Gasteiger partial charge in [-0.1, -0.05) is 72.6 Å². The highest BCUT2D eigenvalue weighted by Crippen LogP contribution is 2.38.